The number of benzene rings is 2. The molecule has 1 N–H and O–H groups in total. The molecule has 0 saturated heterocycles. The molecule has 136 valence electrons. The van der Waals surface area contributed by atoms with Gasteiger partial charge in [0.05, 0.1) is 11.5 Å². The number of ether oxygens (including phenoxy) is 2. The Morgan fingerprint density at radius 2 is 1.84 bits per heavy atom. The lowest BCUT2D eigenvalue weighted by Gasteiger charge is -2.29. The van der Waals surface area contributed by atoms with Crippen LogP contribution in [-0.4, -0.2) is 28.7 Å². The van der Waals surface area contributed by atoms with Crippen LogP contribution in [0.2, 0.25) is 5.02 Å². The van der Waals surface area contributed by atoms with Gasteiger partial charge in [0.1, 0.15) is 11.4 Å². The van der Waals surface area contributed by atoms with E-state index >= 15 is 0 Å². The lowest BCUT2D eigenvalue weighted by Crippen LogP contribution is -2.40. The van der Waals surface area contributed by atoms with Crippen LogP contribution in [0.25, 0.3) is 0 Å². The molecule has 0 fully saturated rings. The fraction of sp³-hybridized carbons (Fsp3) is 0.333. The largest absolute Gasteiger partial charge is 0.494 e. The van der Waals surface area contributed by atoms with Crippen molar-refractivity contribution in [2.24, 2.45) is 0 Å². The molecule has 0 bridgehead atoms. The molecular weight excluding hydrogens is 362 g/mol. The van der Waals surface area contributed by atoms with Gasteiger partial charge in [-0.3, -0.25) is 0 Å². The van der Waals surface area contributed by atoms with Crippen LogP contribution < -0.4 is 9.46 Å². The number of methoxy groups -OCH3 is 1. The van der Waals surface area contributed by atoms with E-state index < -0.39 is 15.6 Å². The number of hydrogen-bond acceptors (Lipinski definition) is 4. The van der Waals surface area contributed by atoms with Gasteiger partial charge in [-0.05, 0) is 55.8 Å². The molecule has 7 heteroatoms. The van der Waals surface area contributed by atoms with E-state index in [4.69, 9.17) is 21.1 Å². The molecule has 5 nitrogen and oxygen atoms in total. The van der Waals surface area contributed by atoms with E-state index in [0.29, 0.717) is 17.4 Å². The predicted molar refractivity (Wildman–Crippen MR) is 98.6 cm³/mol. The second-order valence-electron chi connectivity index (χ2n) is 5.67. The van der Waals surface area contributed by atoms with Crippen LogP contribution in [-0.2, 0) is 20.4 Å². The molecule has 0 amide bonds. The zero-order valence-corrected chi connectivity index (χ0v) is 16.0. The highest BCUT2D eigenvalue weighted by Crippen LogP contribution is 2.27. The first-order chi connectivity index (χ1) is 11.8. The fourth-order valence-electron chi connectivity index (χ4n) is 2.31. The summed E-state index contributed by atoms with van der Waals surface area (Å²) in [5, 5.41) is 0.565. The van der Waals surface area contributed by atoms with Crippen LogP contribution in [0.5, 0.6) is 5.75 Å². The second kappa shape index (κ2) is 8.19. The topological polar surface area (TPSA) is 64.6 Å². The van der Waals surface area contributed by atoms with Gasteiger partial charge in [0.25, 0.3) is 0 Å². The summed E-state index contributed by atoms with van der Waals surface area (Å²) in [6.45, 7) is 4.27. The Kier molecular flexibility index (Phi) is 6.46. The van der Waals surface area contributed by atoms with E-state index in [2.05, 4.69) is 4.72 Å². The van der Waals surface area contributed by atoms with E-state index in [0.717, 1.165) is 5.56 Å². The Morgan fingerprint density at radius 3 is 2.40 bits per heavy atom. The molecule has 0 aliphatic rings. The third-order valence-electron chi connectivity index (χ3n) is 3.93. The summed E-state index contributed by atoms with van der Waals surface area (Å²) in [5.74, 6) is 0.627. The van der Waals surface area contributed by atoms with Gasteiger partial charge in [-0.25, -0.2) is 13.1 Å². The Labute approximate surface area is 154 Å². The van der Waals surface area contributed by atoms with Gasteiger partial charge in [0.2, 0.25) is 10.0 Å². The molecular formula is C18H22ClNO4S. The van der Waals surface area contributed by atoms with Crippen molar-refractivity contribution >= 4 is 21.6 Å². The summed E-state index contributed by atoms with van der Waals surface area (Å²) in [7, 11) is -2.14. The highest BCUT2D eigenvalue weighted by atomic mass is 35.5. The molecule has 0 aliphatic carbocycles. The van der Waals surface area contributed by atoms with Gasteiger partial charge >= 0.3 is 0 Å². The predicted octanol–water partition coefficient (Wildman–Crippen LogP) is 3.58. The molecule has 2 aromatic rings. The van der Waals surface area contributed by atoms with E-state index in [1.54, 1.807) is 37.3 Å². The Morgan fingerprint density at radius 1 is 1.16 bits per heavy atom. The molecule has 0 heterocycles. The molecule has 0 spiro atoms. The van der Waals surface area contributed by atoms with Crippen LogP contribution >= 0.6 is 11.6 Å². The molecule has 1 atom stereocenters. The standard InChI is InChI=1S/C18H22ClNO4S/c1-4-24-16-8-10-17(11-9-16)25(21,22)20-13-18(2,23-3)14-6-5-7-15(19)12-14/h5-12,20H,4,13H2,1-3H3. The third-order valence-corrected chi connectivity index (χ3v) is 5.58. The summed E-state index contributed by atoms with van der Waals surface area (Å²) in [6, 6.07) is 13.4. The molecule has 0 saturated carbocycles. The summed E-state index contributed by atoms with van der Waals surface area (Å²) in [6.07, 6.45) is 0. The average molecular weight is 384 g/mol. The summed E-state index contributed by atoms with van der Waals surface area (Å²) >= 11 is 6.03. The zero-order valence-electron chi connectivity index (χ0n) is 14.5. The van der Waals surface area contributed by atoms with Gasteiger partial charge in [-0.1, -0.05) is 23.7 Å². The van der Waals surface area contributed by atoms with Gasteiger partial charge in [0, 0.05) is 18.7 Å². The van der Waals surface area contributed by atoms with Crippen molar-refractivity contribution in [2.45, 2.75) is 24.3 Å². The minimum Gasteiger partial charge on any atom is -0.494 e. The number of halogens is 1. The Hall–Kier alpha value is -1.60. The van der Waals surface area contributed by atoms with E-state index in [1.165, 1.54) is 19.2 Å². The highest BCUT2D eigenvalue weighted by molar-refractivity contribution is 7.89. The van der Waals surface area contributed by atoms with Crippen LogP contribution in [0.1, 0.15) is 19.4 Å². The number of hydrogen-bond donors (Lipinski definition) is 1. The number of nitrogens with one attached hydrogen (secondary N) is 1. The summed E-state index contributed by atoms with van der Waals surface area (Å²) in [4.78, 5) is 0.167. The summed E-state index contributed by atoms with van der Waals surface area (Å²) < 4.78 is 38.5. The first kappa shape index (κ1) is 19.7. The number of rotatable bonds is 8. The minimum atomic E-state index is -3.67. The lowest BCUT2D eigenvalue weighted by molar-refractivity contribution is 0.00699. The van der Waals surface area contributed by atoms with Crippen LogP contribution in [0.4, 0.5) is 0 Å². The van der Waals surface area contributed by atoms with Crippen molar-refractivity contribution in [3.05, 3.63) is 59.1 Å². The van der Waals surface area contributed by atoms with Gasteiger partial charge in [-0.15, -0.1) is 0 Å². The zero-order chi connectivity index (χ0) is 18.5. The van der Waals surface area contributed by atoms with Crippen molar-refractivity contribution in [3.8, 4) is 5.75 Å². The van der Waals surface area contributed by atoms with Gasteiger partial charge in [0.15, 0.2) is 0 Å². The highest BCUT2D eigenvalue weighted by Gasteiger charge is 2.29. The summed E-state index contributed by atoms with van der Waals surface area (Å²) in [5.41, 5.74) is -0.0552. The van der Waals surface area contributed by atoms with E-state index in [1.807, 2.05) is 13.0 Å². The Balaban J connectivity index is 2.16. The smallest absolute Gasteiger partial charge is 0.240 e. The molecule has 2 aromatic carbocycles. The SMILES string of the molecule is CCOc1ccc(S(=O)(=O)NCC(C)(OC)c2cccc(Cl)c2)cc1. The van der Waals surface area contributed by atoms with Crippen molar-refractivity contribution in [3.63, 3.8) is 0 Å². The minimum absolute atomic E-state index is 0.0688. The van der Waals surface area contributed by atoms with Crippen LogP contribution in [0.15, 0.2) is 53.4 Å². The quantitative estimate of drug-likeness (QED) is 0.756. The van der Waals surface area contributed by atoms with Crippen LogP contribution in [0.3, 0.4) is 0 Å². The monoisotopic (exact) mass is 383 g/mol. The molecule has 25 heavy (non-hydrogen) atoms. The van der Waals surface area contributed by atoms with E-state index in [9.17, 15) is 8.42 Å². The molecule has 1 unspecified atom stereocenters. The van der Waals surface area contributed by atoms with Gasteiger partial charge in [-0.2, -0.15) is 0 Å². The lowest BCUT2D eigenvalue weighted by atomic mass is 9.96. The van der Waals surface area contributed by atoms with Crippen molar-refractivity contribution in [2.75, 3.05) is 20.3 Å². The van der Waals surface area contributed by atoms with Crippen LogP contribution in [0, 0.1) is 0 Å². The average Bonchev–Trinajstić information content (AvgIpc) is 2.60. The van der Waals surface area contributed by atoms with Crippen molar-refractivity contribution in [1.29, 1.82) is 0 Å². The molecule has 0 aliphatic heterocycles. The maximum absolute atomic E-state index is 12.5. The maximum Gasteiger partial charge on any atom is 0.240 e. The Bertz CT molecular complexity index is 808. The first-order valence-corrected chi connectivity index (χ1v) is 9.70. The normalized spacial score (nSPS) is 14.1. The molecule has 0 radical (unpaired) electrons. The first-order valence-electron chi connectivity index (χ1n) is 7.84. The third kappa shape index (κ3) is 4.95. The second-order valence-corrected chi connectivity index (χ2v) is 7.88. The maximum atomic E-state index is 12.5. The van der Waals surface area contributed by atoms with Crippen molar-refractivity contribution in [1.82, 2.24) is 4.72 Å². The fourth-order valence-corrected chi connectivity index (χ4v) is 3.62. The van der Waals surface area contributed by atoms with Crippen molar-refractivity contribution < 1.29 is 17.9 Å². The van der Waals surface area contributed by atoms with E-state index in [-0.39, 0.29) is 11.4 Å². The molecule has 2 rings (SSSR count). The van der Waals surface area contributed by atoms with Gasteiger partial charge < -0.3 is 9.47 Å². The molecule has 0 aromatic heterocycles. The number of sulfonamides is 1.